The SMILES string of the molecule is C=C(CCc1cc(C)c(C)c(C(C)(C)C)c1)OCCC. The van der Waals surface area contributed by atoms with Crippen LogP contribution >= 0.6 is 0 Å². The van der Waals surface area contributed by atoms with E-state index in [0.717, 1.165) is 31.6 Å². The summed E-state index contributed by atoms with van der Waals surface area (Å²) < 4.78 is 5.57. The van der Waals surface area contributed by atoms with Crippen molar-refractivity contribution in [3.63, 3.8) is 0 Å². The number of hydrogen-bond acceptors (Lipinski definition) is 1. The van der Waals surface area contributed by atoms with Gasteiger partial charge in [0.1, 0.15) is 0 Å². The molecule has 0 saturated heterocycles. The molecule has 1 heteroatoms. The first-order valence-corrected chi connectivity index (χ1v) is 7.67. The van der Waals surface area contributed by atoms with Gasteiger partial charge in [-0.3, -0.25) is 0 Å². The number of hydrogen-bond donors (Lipinski definition) is 0. The van der Waals surface area contributed by atoms with Gasteiger partial charge in [-0.1, -0.05) is 46.4 Å². The normalized spacial score (nSPS) is 11.5. The summed E-state index contributed by atoms with van der Waals surface area (Å²) in [5, 5.41) is 0. The van der Waals surface area contributed by atoms with Crippen LogP contribution < -0.4 is 0 Å². The third-order valence-corrected chi connectivity index (χ3v) is 3.74. The summed E-state index contributed by atoms with van der Waals surface area (Å²) in [5.41, 5.74) is 5.84. The van der Waals surface area contributed by atoms with Crippen molar-refractivity contribution in [3.8, 4) is 0 Å². The van der Waals surface area contributed by atoms with Crippen LogP contribution in [0.4, 0.5) is 0 Å². The van der Waals surface area contributed by atoms with Gasteiger partial charge in [0.15, 0.2) is 0 Å². The van der Waals surface area contributed by atoms with Gasteiger partial charge in [0.05, 0.1) is 12.4 Å². The maximum absolute atomic E-state index is 5.57. The van der Waals surface area contributed by atoms with E-state index in [9.17, 15) is 0 Å². The molecule has 0 saturated carbocycles. The molecular formula is C19H30O. The van der Waals surface area contributed by atoms with E-state index in [2.05, 4.69) is 60.3 Å². The lowest BCUT2D eigenvalue weighted by atomic mass is 9.81. The third-order valence-electron chi connectivity index (χ3n) is 3.74. The summed E-state index contributed by atoms with van der Waals surface area (Å²) in [6, 6.07) is 4.66. The van der Waals surface area contributed by atoms with Crippen LogP contribution in [0.25, 0.3) is 0 Å². The maximum atomic E-state index is 5.57. The quantitative estimate of drug-likeness (QED) is 0.625. The zero-order valence-electron chi connectivity index (χ0n) is 14.1. The smallest absolute Gasteiger partial charge is 0.0891 e. The molecule has 1 aromatic carbocycles. The molecule has 1 rings (SSSR count). The Hall–Kier alpha value is -1.24. The van der Waals surface area contributed by atoms with E-state index in [-0.39, 0.29) is 5.41 Å². The molecule has 1 nitrogen and oxygen atoms in total. The summed E-state index contributed by atoms with van der Waals surface area (Å²) in [6.45, 7) is 18.2. The van der Waals surface area contributed by atoms with Crippen molar-refractivity contribution in [2.75, 3.05) is 6.61 Å². The van der Waals surface area contributed by atoms with E-state index in [4.69, 9.17) is 4.74 Å². The molecule has 0 N–H and O–H groups in total. The summed E-state index contributed by atoms with van der Waals surface area (Å²) in [6.07, 6.45) is 2.95. The van der Waals surface area contributed by atoms with Gasteiger partial charge in [0.25, 0.3) is 0 Å². The van der Waals surface area contributed by atoms with E-state index in [1.807, 2.05) is 0 Å². The van der Waals surface area contributed by atoms with Crippen LogP contribution in [0.15, 0.2) is 24.5 Å². The van der Waals surface area contributed by atoms with Gasteiger partial charge >= 0.3 is 0 Å². The molecule has 0 amide bonds. The van der Waals surface area contributed by atoms with Crippen molar-refractivity contribution >= 4 is 0 Å². The van der Waals surface area contributed by atoms with E-state index in [1.165, 1.54) is 22.3 Å². The molecule has 0 aromatic heterocycles. The van der Waals surface area contributed by atoms with Crippen LogP contribution in [-0.4, -0.2) is 6.61 Å². The molecule has 0 unspecified atom stereocenters. The van der Waals surface area contributed by atoms with E-state index < -0.39 is 0 Å². The highest BCUT2D eigenvalue weighted by atomic mass is 16.5. The summed E-state index contributed by atoms with van der Waals surface area (Å²) in [5.74, 6) is 0.905. The Morgan fingerprint density at radius 1 is 1.20 bits per heavy atom. The Labute approximate surface area is 125 Å². The Morgan fingerprint density at radius 2 is 1.85 bits per heavy atom. The fraction of sp³-hybridized carbons (Fsp3) is 0.579. The largest absolute Gasteiger partial charge is 0.499 e. The minimum Gasteiger partial charge on any atom is -0.499 e. The van der Waals surface area contributed by atoms with Gasteiger partial charge in [-0.2, -0.15) is 0 Å². The van der Waals surface area contributed by atoms with Crippen molar-refractivity contribution < 1.29 is 4.74 Å². The number of allylic oxidation sites excluding steroid dienone is 1. The van der Waals surface area contributed by atoms with Crippen LogP contribution in [0, 0.1) is 13.8 Å². The van der Waals surface area contributed by atoms with Gasteiger partial charge in [-0.15, -0.1) is 0 Å². The second kappa shape index (κ2) is 6.97. The summed E-state index contributed by atoms with van der Waals surface area (Å²) in [4.78, 5) is 0. The van der Waals surface area contributed by atoms with Crippen molar-refractivity contribution in [2.24, 2.45) is 0 Å². The van der Waals surface area contributed by atoms with Crippen LogP contribution in [0.2, 0.25) is 0 Å². The highest BCUT2D eigenvalue weighted by Gasteiger charge is 2.18. The third kappa shape index (κ3) is 4.70. The predicted octanol–water partition coefficient (Wildman–Crippen LogP) is 5.47. The van der Waals surface area contributed by atoms with Gasteiger partial charge in [0, 0.05) is 6.42 Å². The first-order valence-electron chi connectivity index (χ1n) is 7.67. The zero-order chi connectivity index (χ0) is 15.3. The van der Waals surface area contributed by atoms with Gasteiger partial charge in [-0.25, -0.2) is 0 Å². The molecule has 0 spiro atoms. The lowest BCUT2D eigenvalue weighted by Crippen LogP contribution is -2.14. The van der Waals surface area contributed by atoms with Crippen LogP contribution in [0.5, 0.6) is 0 Å². The fourth-order valence-corrected chi connectivity index (χ4v) is 2.46. The monoisotopic (exact) mass is 274 g/mol. The average molecular weight is 274 g/mol. The zero-order valence-corrected chi connectivity index (χ0v) is 14.1. The lowest BCUT2D eigenvalue weighted by molar-refractivity contribution is 0.204. The molecule has 0 aliphatic rings. The topological polar surface area (TPSA) is 9.23 Å². The molecule has 0 aliphatic carbocycles. The minimum absolute atomic E-state index is 0.195. The molecule has 0 fully saturated rings. The number of ether oxygens (including phenoxy) is 1. The Balaban J connectivity index is 2.82. The molecular weight excluding hydrogens is 244 g/mol. The molecule has 0 radical (unpaired) electrons. The van der Waals surface area contributed by atoms with Crippen molar-refractivity contribution in [2.45, 2.75) is 66.2 Å². The van der Waals surface area contributed by atoms with Gasteiger partial charge in [-0.05, 0) is 54.4 Å². The summed E-state index contributed by atoms with van der Waals surface area (Å²) in [7, 11) is 0. The van der Waals surface area contributed by atoms with Gasteiger partial charge < -0.3 is 4.74 Å². The first kappa shape index (κ1) is 16.8. The molecule has 0 atom stereocenters. The van der Waals surface area contributed by atoms with Crippen LogP contribution in [0.1, 0.15) is 62.8 Å². The van der Waals surface area contributed by atoms with E-state index in [0.29, 0.717) is 0 Å². The number of rotatable bonds is 6. The molecule has 0 bridgehead atoms. The molecule has 0 heterocycles. The van der Waals surface area contributed by atoms with Crippen molar-refractivity contribution in [1.82, 2.24) is 0 Å². The Morgan fingerprint density at radius 3 is 2.40 bits per heavy atom. The molecule has 1 aromatic rings. The molecule has 112 valence electrons. The standard InChI is InChI=1S/C19H30O/c1-8-11-20-15(3)9-10-17-12-14(2)16(4)18(13-17)19(5,6)7/h12-13H,3,8-11H2,1-2,4-7H3. The molecule has 20 heavy (non-hydrogen) atoms. The fourth-order valence-electron chi connectivity index (χ4n) is 2.46. The van der Waals surface area contributed by atoms with E-state index >= 15 is 0 Å². The second-order valence-corrected chi connectivity index (χ2v) is 6.72. The Kier molecular flexibility index (Phi) is 5.86. The molecule has 0 aliphatic heterocycles. The van der Waals surface area contributed by atoms with Gasteiger partial charge in [0.2, 0.25) is 0 Å². The van der Waals surface area contributed by atoms with Crippen LogP contribution in [-0.2, 0) is 16.6 Å². The lowest BCUT2D eigenvalue weighted by Gasteiger charge is -2.24. The highest BCUT2D eigenvalue weighted by Crippen LogP contribution is 2.29. The van der Waals surface area contributed by atoms with Crippen molar-refractivity contribution in [1.29, 1.82) is 0 Å². The van der Waals surface area contributed by atoms with E-state index in [1.54, 1.807) is 0 Å². The van der Waals surface area contributed by atoms with Crippen molar-refractivity contribution in [3.05, 3.63) is 46.7 Å². The Bertz CT molecular complexity index is 463. The minimum atomic E-state index is 0.195. The predicted molar refractivity (Wildman–Crippen MR) is 88.3 cm³/mol. The first-order chi connectivity index (χ1) is 9.25. The average Bonchev–Trinajstić information content (AvgIpc) is 2.36. The highest BCUT2D eigenvalue weighted by molar-refractivity contribution is 5.41. The summed E-state index contributed by atoms with van der Waals surface area (Å²) >= 11 is 0. The maximum Gasteiger partial charge on any atom is 0.0891 e. The van der Waals surface area contributed by atoms with Crippen LogP contribution in [0.3, 0.4) is 0 Å². The number of aryl methyl sites for hydroxylation is 2. The second-order valence-electron chi connectivity index (χ2n) is 6.72. The number of benzene rings is 1.